The minimum atomic E-state index is -3.89. The smallest absolute Gasteiger partial charge is 0.258 e. The van der Waals surface area contributed by atoms with Gasteiger partial charge in [0.15, 0.2) is 0 Å². The number of hydrogen-bond donors (Lipinski definition) is 2. The molecule has 1 amide bonds. The maximum absolute atomic E-state index is 13.6. The fourth-order valence-corrected chi connectivity index (χ4v) is 2.35. The van der Waals surface area contributed by atoms with E-state index < -0.39 is 21.7 Å². The average Bonchev–Trinajstić information content (AvgIpc) is 2.41. The van der Waals surface area contributed by atoms with E-state index in [1.165, 1.54) is 36.4 Å². The standard InChI is InChI=1S/C13H10ClFN2O3S/c14-8-4-5-12(15)11(6-8)13(18)17-9-2-1-3-10(7-9)21(16,19)20/h1-7H,(H,17,18)(H2,16,19,20). The molecule has 0 saturated heterocycles. The van der Waals surface area contributed by atoms with E-state index in [-0.39, 0.29) is 21.2 Å². The van der Waals surface area contributed by atoms with Gasteiger partial charge in [-0.15, -0.1) is 0 Å². The molecule has 0 aliphatic carbocycles. The van der Waals surface area contributed by atoms with Crippen molar-refractivity contribution in [2.75, 3.05) is 5.32 Å². The van der Waals surface area contributed by atoms with Gasteiger partial charge in [-0.3, -0.25) is 4.79 Å². The van der Waals surface area contributed by atoms with Crippen molar-refractivity contribution >= 4 is 33.2 Å². The molecule has 0 atom stereocenters. The molecule has 3 N–H and O–H groups in total. The van der Waals surface area contributed by atoms with Crippen LogP contribution in [0.3, 0.4) is 0 Å². The lowest BCUT2D eigenvalue weighted by molar-refractivity contribution is 0.102. The van der Waals surface area contributed by atoms with Crippen LogP contribution in [0.25, 0.3) is 0 Å². The van der Waals surface area contributed by atoms with Crippen molar-refractivity contribution in [1.29, 1.82) is 0 Å². The van der Waals surface area contributed by atoms with Crippen molar-refractivity contribution in [1.82, 2.24) is 0 Å². The molecule has 2 aromatic rings. The summed E-state index contributed by atoms with van der Waals surface area (Å²) in [7, 11) is -3.89. The van der Waals surface area contributed by atoms with Gasteiger partial charge in [0.25, 0.3) is 5.91 Å². The van der Waals surface area contributed by atoms with Gasteiger partial charge < -0.3 is 5.32 Å². The minimum absolute atomic E-state index is 0.160. The quantitative estimate of drug-likeness (QED) is 0.906. The maximum atomic E-state index is 13.6. The monoisotopic (exact) mass is 328 g/mol. The van der Waals surface area contributed by atoms with Gasteiger partial charge in [0.1, 0.15) is 5.82 Å². The Bertz CT molecular complexity index is 809. The molecule has 0 bridgehead atoms. The topological polar surface area (TPSA) is 89.3 Å². The number of halogens is 2. The largest absolute Gasteiger partial charge is 0.322 e. The number of nitrogens with two attached hydrogens (primary N) is 1. The fourth-order valence-electron chi connectivity index (χ4n) is 1.62. The first-order valence-corrected chi connectivity index (χ1v) is 7.59. The molecule has 0 aliphatic heterocycles. The molecular weight excluding hydrogens is 319 g/mol. The number of sulfonamides is 1. The van der Waals surface area contributed by atoms with Gasteiger partial charge in [-0.05, 0) is 36.4 Å². The summed E-state index contributed by atoms with van der Waals surface area (Å²) in [6.07, 6.45) is 0. The van der Waals surface area contributed by atoms with Gasteiger partial charge >= 0.3 is 0 Å². The molecular formula is C13H10ClFN2O3S. The maximum Gasteiger partial charge on any atom is 0.258 e. The van der Waals surface area contributed by atoms with Crippen LogP contribution in [0.2, 0.25) is 5.02 Å². The Hall–Kier alpha value is -1.96. The predicted molar refractivity (Wildman–Crippen MR) is 77.2 cm³/mol. The summed E-state index contributed by atoms with van der Waals surface area (Å²) in [5, 5.41) is 7.58. The number of amides is 1. The second-order valence-electron chi connectivity index (χ2n) is 4.15. The number of nitrogens with one attached hydrogen (secondary N) is 1. The molecule has 21 heavy (non-hydrogen) atoms. The first-order valence-electron chi connectivity index (χ1n) is 5.66. The van der Waals surface area contributed by atoms with Gasteiger partial charge in [0.05, 0.1) is 10.5 Å². The fraction of sp³-hybridized carbons (Fsp3) is 0. The third-order valence-corrected chi connectivity index (χ3v) is 3.74. The van der Waals surface area contributed by atoms with Crippen molar-refractivity contribution in [2.45, 2.75) is 4.90 Å². The van der Waals surface area contributed by atoms with Crippen LogP contribution in [0.4, 0.5) is 10.1 Å². The highest BCUT2D eigenvalue weighted by molar-refractivity contribution is 7.89. The summed E-state index contributed by atoms with van der Waals surface area (Å²) in [5.41, 5.74) is -0.0746. The highest BCUT2D eigenvalue weighted by Gasteiger charge is 2.14. The zero-order valence-corrected chi connectivity index (χ0v) is 12.1. The van der Waals surface area contributed by atoms with Crippen molar-refractivity contribution in [2.24, 2.45) is 5.14 Å². The first kappa shape index (κ1) is 15.4. The van der Waals surface area contributed by atoms with Crippen LogP contribution in [0.1, 0.15) is 10.4 Å². The molecule has 5 nitrogen and oxygen atoms in total. The number of anilines is 1. The summed E-state index contributed by atoms with van der Waals surface area (Å²) in [6.45, 7) is 0. The summed E-state index contributed by atoms with van der Waals surface area (Å²) < 4.78 is 36.0. The molecule has 0 unspecified atom stereocenters. The molecule has 0 radical (unpaired) electrons. The Morgan fingerprint density at radius 3 is 2.57 bits per heavy atom. The Kier molecular flexibility index (Phi) is 4.26. The lowest BCUT2D eigenvalue weighted by Crippen LogP contribution is -2.15. The number of rotatable bonds is 3. The molecule has 2 rings (SSSR count). The summed E-state index contributed by atoms with van der Waals surface area (Å²) >= 11 is 5.71. The number of benzene rings is 2. The Morgan fingerprint density at radius 2 is 1.90 bits per heavy atom. The Balaban J connectivity index is 2.30. The molecule has 0 aliphatic rings. The number of carbonyl (C=O) groups is 1. The zero-order chi connectivity index (χ0) is 15.6. The van der Waals surface area contributed by atoms with E-state index in [0.29, 0.717) is 0 Å². The normalized spacial score (nSPS) is 11.2. The first-order chi connectivity index (χ1) is 9.77. The van der Waals surface area contributed by atoms with Crippen molar-refractivity contribution in [3.05, 3.63) is 58.9 Å². The van der Waals surface area contributed by atoms with Gasteiger partial charge in [-0.2, -0.15) is 0 Å². The zero-order valence-electron chi connectivity index (χ0n) is 10.5. The van der Waals surface area contributed by atoms with Gasteiger partial charge in [-0.25, -0.2) is 17.9 Å². The molecule has 2 aromatic carbocycles. The molecule has 0 spiro atoms. The molecule has 0 aromatic heterocycles. The van der Waals surface area contributed by atoms with Crippen molar-refractivity contribution in [3.8, 4) is 0 Å². The van der Waals surface area contributed by atoms with Crippen LogP contribution < -0.4 is 10.5 Å². The third-order valence-electron chi connectivity index (χ3n) is 2.59. The van der Waals surface area contributed by atoms with E-state index >= 15 is 0 Å². The second kappa shape index (κ2) is 5.80. The molecule has 8 heteroatoms. The van der Waals surface area contributed by atoms with Crippen LogP contribution in [-0.4, -0.2) is 14.3 Å². The summed E-state index contributed by atoms with van der Waals surface area (Å²) in [6, 6.07) is 8.88. The molecule has 110 valence electrons. The second-order valence-corrected chi connectivity index (χ2v) is 6.15. The number of hydrogen-bond acceptors (Lipinski definition) is 3. The van der Waals surface area contributed by atoms with Crippen LogP contribution in [0.15, 0.2) is 47.4 Å². The van der Waals surface area contributed by atoms with Gasteiger partial charge in [0, 0.05) is 10.7 Å². The summed E-state index contributed by atoms with van der Waals surface area (Å²) in [5.74, 6) is -1.49. The van der Waals surface area contributed by atoms with Crippen molar-refractivity contribution in [3.63, 3.8) is 0 Å². The van der Waals surface area contributed by atoms with E-state index in [9.17, 15) is 17.6 Å². The molecule has 0 saturated carbocycles. The minimum Gasteiger partial charge on any atom is -0.322 e. The highest BCUT2D eigenvalue weighted by atomic mass is 35.5. The predicted octanol–water partition coefficient (Wildman–Crippen LogP) is 2.38. The molecule has 0 fully saturated rings. The van der Waals surface area contributed by atoms with E-state index in [0.717, 1.165) is 6.07 Å². The van der Waals surface area contributed by atoms with Crippen LogP contribution >= 0.6 is 11.6 Å². The highest BCUT2D eigenvalue weighted by Crippen LogP contribution is 2.18. The van der Waals surface area contributed by atoms with Crippen LogP contribution in [-0.2, 0) is 10.0 Å². The Morgan fingerprint density at radius 1 is 1.19 bits per heavy atom. The SMILES string of the molecule is NS(=O)(=O)c1cccc(NC(=O)c2cc(Cl)ccc2F)c1. The van der Waals surface area contributed by atoms with E-state index in [2.05, 4.69) is 5.32 Å². The Labute approximate surface area is 125 Å². The van der Waals surface area contributed by atoms with Gasteiger partial charge in [-0.1, -0.05) is 17.7 Å². The molecule has 0 heterocycles. The van der Waals surface area contributed by atoms with E-state index in [1.54, 1.807) is 0 Å². The van der Waals surface area contributed by atoms with Crippen LogP contribution in [0.5, 0.6) is 0 Å². The number of carbonyl (C=O) groups excluding carboxylic acids is 1. The number of primary sulfonamides is 1. The van der Waals surface area contributed by atoms with Crippen LogP contribution in [0, 0.1) is 5.82 Å². The third kappa shape index (κ3) is 3.78. The lowest BCUT2D eigenvalue weighted by Gasteiger charge is -2.07. The lowest BCUT2D eigenvalue weighted by atomic mass is 10.2. The average molecular weight is 329 g/mol. The van der Waals surface area contributed by atoms with Crippen molar-refractivity contribution < 1.29 is 17.6 Å². The van der Waals surface area contributed by atoms with Gasteiger partial charge in [0.2, 0.25) is 10.0 Å². The van der Waals surface area contributed by atoms with E-state index in [4.69, 9.17) is 16.7 Å². The van der Waals surface area contributed by atoms with E-state index in [1.807, 2.05) is 0 Å². The summed E-state index contributed by atoms with van der Waals surface area (Å²) in [4.78, 5) is 11.8.